The summed E-state index contributed by atoms with van der Waals surface area (Å²) in [5.41, 5.74) is 4.65. The van der Waals surface area contributed by atoms with E-state index in [9.17, 15) is 15.2 Å². The highest BCUT2D eigenvalue weighted by Gasteiger charge is 2.45. The van der Waals surface area contributed by atoms with Crippen molar-refractivity contribution >= 4 is 23.7 Å². The minimum atomic E-state index is -0.987. The number of anilines is 1. The summed E-state index contributed by atoms with van der Waals surface area (Å²) in [7, 11) is 0. The van der Waals surface area contributed by atoms with Crippen LogP contribution in [-0.4, -0.2) is 57.5 Å². The lowest BCUT2D eigenvalue weighted by Gasteiger charge is -2.49. The van der Waals surface area contributed by atoms with Gasteiger partial charge < -0.3 is 10.0 Å². The molecule has 8 heteroatoms. The summed E-state index contributed by atoms with van der Waals surface area (Å²) in [6.07, 6.45) is 3.31. The summed E-state index contributed by atoms with van der Waals surface area (Å²) < 4.78 is 0. The molecule has 1 aliphatic carbocycles. The summed E-state index contributed by atoms with van der Waals surface area (Å²) in [6, 6.07) is 20.5. The molecule has 1 atom stereocenters. The largest absolute Gasteiger partial charge is 0.465 e. The van der Waals surface area contributed by atoms with Crippen LogP contribution in [0, 0.1) is 11.3 Å². The van der Waals surface area contributed by atoms with Gasteiger partial charge in [-0.15, -0.1) is 0 Å². The fraction of sp³-hybridized carbons (Fsp3) is 0.333. The van der Waals surface area contributed by atoms with Gasteiger partial charge in [0.05, 0.1) is 23.7 Å². The number of fused-ring (bicyclic) bond motifs is 3. The number of hydrogen-bond donors (Lipinski definition) is 1. The first kappa shape index (κ1) is 23.2. The number of piperazine rings is 1. The molecular formula is C27H27N5O2S. The van der Waals surface area contributed by atoms with E-state index in [-0.39, 0.29) is 6.42 Å². The van der Waals surface area contributed by atoms with Crippen molar-refractivity contribution in [1.82, 2.24) is 14.9 Å². The molecule has 35 heavy (non-hydrogen) atoms. The number of rotatable bonds is 5. The molecule has 3 aromatic rings. The third kappa shape index (κ3) is 4.32. The van der Waals surface area contributed by atoms with Crippen LogP contribution in [0.25, 0.3) is 11.3 Å². The first-order chi connectivity index (χ1) is 17.0. The van der Waals surface area contributed by atoms with E-state index in [1.54, 1.807) is 0 Å². The molecule has 1 amide bonds. The highest BCUT2D eigenvalue weighted by molar-refractivity contribution is 7.98. The SMILES string of the molecule is CSc1nc2c(c(N3CCN(C(=O)O)[C@](CC#N)(Cc4ccccc4)C3)n1)CCc1ccccc1-2. The van der Waals surface area contributed by atoms with Crippen molar-refractivity contribution in [3.8, 4) is 17.3 Å². The lowest BCUT2D eigenvalue weighted by atomic mass is 9.83. The second-order valence-electron chi connectivity index (χ2n) is 9.10. The third-order valence-corrected chi connectivity index (χ3v) is 7.58. The van der Waals surface area contributed by atoms with Gasteiger partial charge in [0.2, 0.25) is 0 Å². The van der Waals surface area contributed by atoms with Gasteiger partial charge in [0, 0.05) is 30.8 Å². The Kier molecular flexibility index (Phi) is 6.35. The molecule has 0 bridgehead atoms. The standard InChI is InChI=1S/C27H27N5O2S/c1-35-25-29-23-21-10-6-5-9-20(21)11-12-22(23)24(30-25)31-15-16-32(26(33)34)27(18-31,13-14-28)17-19-7-3-2-4-8-19/h2-10H,11-13,15-18H2,1H3,(H,33,34)/t27-/m1/s1. The van der Waals surface area contributed by atoms with E-state index in [4.69, 9.17) is 9.97 Å². The average molecular weight is 486 g/mol. The lowest BCUT2D eigenvalue weighted by Crippen LogP contribution is -2.65. The van der Waals surface area contributed by atoms with Crippen molar-refractivity contribution in [2.24, 2.45) is 0 Å². The number of amides is 1. The van der Waals surface area contributed by atoms with Crippen LogP contribution in [0.2, 0.25) is 0 Å². The zero-order chi connectivity index (χ0) is 24.4. The molecule has 2 aliphatic rings. The molecule has 5 rings (SSSR count). The van der Waals surface area contributed by atoms with Gasteiger partial charge in [0.15, 0.2) is 5.16 Å². The van der Waals surface area contributed by atoms with Crippen LogP contribution >= 0.6 is 11.8 Å². The Morgan fingerprint density at radius 1 is 1.11 bits per heavy atom. The summed E-state index contributed by atoms with van der Waals surface area (Å²) >= 11 is 1.51. The van der Waals surface area contributed by atoms with Gasteiger partial charge in [0.25, 0.3) is 0 Å². The number of benzene rings is 2. The van der Waals surface area contributed by atoms with Crippen LogP contribution in [0.4, 0.5) is 10.6 Å². The summed E-state index contributed by atoms with van der Waals surface area (Å²) in [4.78, 5) is 25.8. The van der Waals surface area contributed by atoms with Crippen LogP contribution in [0.3, 0.4) is 0 Å². The number of thioether (sulfide) groups is 1. The highest BCUT2D eigenvalue weighted by atomic mass is 32.2. The van der Waals surface area contributed by atoms with E-state index in [0.717, 1.165) is 41.0 Å². The monoisotopic (exact) mass is 485 g/mol. The highest BCUT2D eigenvalue weighted by Crippen LogP contribution is 2.39. The van der Waals surface area contributed by atoms with Crippen LogP contribution in [-0.2, 0) is 19.3 Å². The maximum Gasteiger partial charge on any atom is 0.407 e. The van der Waals surface area contributed by atoms with E-state index in [1.807, 2.05) is 42.7 Å². The van der Waals surface area contributed by atoms with E-state index >= 15 is 0 Å². The van der Waals surface area contributed by atoms with Gasteiger partial charge in [-0.2, -0.15) is 5.26 Å². The quantitative estimate of drug-likeness (QED) is 0.415. The van der Waals surface area contributed by atoms with Crippen LogP contribution in [0.1, 0.15) is 23.1 Å². The van der Waals surface area contributed by atoms with Gasteiger partial charge in [-0.3, -0.25) is 4.90 Å². The number of nitrogens with zero attached hydrogens (tertiary/aromatic N) is 5. The predicted octanol–water partition coefficient (Wildman–Crippen LogP) is 4.66. The normalized spacial score (nSPS) is 19.0. The molecular weight excluding hydrogens is 458 g/mol. The molecule has 7 nitrogen and oxygen atoms in total. The number of aryl methyl sites for hydroxylation is 1. The van der Waals surface area contributed by atoms with Crippen molar-refractivity contribution in [1.29, 1.82) is 5.26 Å². The number of nitriles is 1. The number of aromatic nitrogens is 2. The second kappa shape index (κ2) is 9.59. The average Bonchev–Trinajstić information content (AvgIpc) is 2.88. The molecule has 1 fully saturated rings. The topological polar surface area (TPSA) is 93.4 Å². The Labute approximate surface area is 209 Å². The fourth-order valence-electron chi connectivity index (χ4n) is 5.43. The molecule has 0 spiro atoms. The fourth-order valence-corrected chi connectivity index (χ4v) is 5.79. The van der Waals surface area contributed by atoms with E-state index in [1.165, 1.54) is 22.2 Å². The lowest BCUT2D eigenvalue weighted by molar-refractivity contribution is 0.0669. The molecule has 178 valence electrons. The number of carboxylic acid groups (broad SMARTS) is 1. The van der Waals surface area contributed by atoms with Gasteiger partial charge in [-0.05, 0) is 36.6 Å². The molecule has 2 heterocycles. The first-order valence-corrected chi connectivity index (χ1v) is 13.0. The molecule has 1 N–H and O–H groups in total. The minimum Gasteiger partial charge on any atom is -0.465 e. The summed E-state index contributed by atoms with van der Waals surface area (Å²) in [5, 5.41) is 20.6. The molecule has 0 radical (unpaired) electrons. The minimum absolute atomic E-state index is 0.107. The second-order valence-corrected chi connectivity index (χ2v) is 9.87. The maximum atomic E-state index is 12.3. The molecule has 2 aromatic carbocycles. The van der Waals surface area contributed by atoms with E-state index in [0.29, 0.717) is 31.2 Å². The van der Waals surface area contributed by atoms with Gasteiger partial charge in [-0.25, -0.2) is 14.8 Å². The van der Waals surface area contributed by atoms with Crippen molar-refractivity contribution in [2.45, 2.75) is 36.4 Å². The van der Waals surface area contributed by atoms with E-state index in [2.05, 4.69) is 29.2 Å². The number of carbonyl (C=O) groups is 1. The Balaban J connectivity index is 1.59. The van der Waals surface area contributed by atoms with Crippen molar-refractivity contribution < 1.29 is 9.90 Å². The predicted molar refractivity (Wildman–Crippen MR) is 137 cm³/mol. The van der Waals surface area contributed by atoms with Crippen LogP contribution < -0.4 is 4.90 Å². The zero-order valence-corrected chi connectivity index (χ0v) is 20.5. The zero-order valence-electron chi connectivity index (χ0n) is 19.6. The Hall–Kier alpha value is -3.57. The first-order valence-electron chi connectivity index (χ1n) is 11.7. The molecule has 1 saturated heterocycles. The summed E-state index contributed by atoms with van der Waals surface area (Å²) in [6.45, 7) is 1.24. The number of hydrogen-bond acceptors (Lipinski definition) is 6. The van der Waals surface area contributed by atoms with Gasteiger partial charge in [0.1, 0.15) is 5.82 Å². The van der Waals surface area contributed by atoms with E-state index < -0.39 is 11.6 Å². The maximum absolute atomic E-state index is 12.3. The molecule has 0 saturated carbocycles. The molecule has 0 unspecified atom stereocenters. The van der Waals surface area contributed by atoms with Crippen LogP contribution in [0.5, 0.6) is 0 Å². The molecule has 1 aromatic heterocycles. The van der Waals surface area contributed by atoms with Gasteiger partial charge in [-0.1, -0.05) is 66.4 Å². The third-order valence-electron chi connectivity index (χ3n) is 7.03. The van der Waals surface area contributed by atoms with Crippen molar-refractivity contribution in [3.05, 3.63) is 71.3 Å². The van der Waals surface area contributed by atoms with Crippen molar-refractivity contribution in [2.75, 3.05) is 30.8 Å². The Morgan fingerprint density at radius 3 is 2.63 bits per heavy atom. The Bertz CT molecular complexity index is 1290. The smallest absolute Gasteiger partial charge is 0.407 e. The van der Waals surface area contributed by atoms with Crippen LogP contribution in [0.15, 0.2) is 59.8 Å². The van der Waals surface area contributed by atoms with Gasteiger partial charge >= 0.3 is 6.09 Å². The molecule has 1 aliphatic heterocycles. The Morgan fingerprint density at radius 2 is 1.89 bits per heavy atom. The van der Waals surface area contributed by atoms with Crippen molar-refractivity contribution in [3.63, 3.8) is 0 Å². The summed E-state index contributed by atoms with van der Waals surface area (Å²) in [5.74, 6) is 0.870.